The summed E-state index contributed by atoms with van der Waals surface area (Å²) in [5.41, 5.74) is 8.37. The molecular formula is C12H13N5S. The predicted octanol–water partition coefficient (Wildman–Crippen LogP) is 1.43. The second kappa shape index (κ2) is 5.50. The highest BCUT2D eigenvalue weighted by molar-refractivity contribution is 7.80. The average Bonchev–Trinajstić information content (AvgIpc) is 2.37. The maximum absolute atomic E-state index is 5.71. The summed E-state index contributed by atoms with van der Waals surface area (Å²) in [6.45, 7) is 2.50. The maximum Gasteiger partial charge on any atom is 0.136 e. The minimum atomic E-state index is 0.339. The fraction of sp³-hybridized carbons (Fsp3) is 0.167. The molecule has 92 valence electrons. The van der Waals surface area contributed by atoms with Gasteiger partial charge in [-0.25, -0.2) is 15.0 Å². The summed E-state index contributed by atoms with van der Waals surface area (Å²) in [5, 5.41) is 3.18. The van der Waals surface area contributed by atoms with Gasteiger partial charge in [-0.2, -0.15) is 0 Å². The number of aryl methyl sites for hydroxylation is 1. The van der Waals surface area contributed by atoms with E-state index in [0.29, 0.717) is 17.4 Å². The van der Waals surface area contributed by atoms with Gasteiger partial charge >= 0.3 is 0 Å². The quantitative estimate of drug-likeness (QED) is 0.809. The van der Waals surface area contributed by atoms with Crippen LogP contribution in [0, 0.1) is 6.92 Å². The van der Waals surface area contributed by atoms with Crippen LogP contribution in [-0.2, 0) is 6.54 Å². The highest BCUT2D eigenvalue weighted by atomic mass is 32.1. The van der Waals surface area contributed by atoms with Crippen LogP contribution in [0.5, 0.6) is 0 Å². The predicted molar refractivity (Wildman–Crippen MR) is 74.2 cm³/mol. The smallest absolute Gasteiger partial charge is 0.136 e. The number of hydrogen-bond donors (Lipinski definition) is 2. The maximum atomic E-state index is 5.71. The minimum Gasteiger partial charge on any atom is -0.389 e. The van der Waals surface area contributed by atoms with Gasteiger partial charge < -0.3 is 11.1 Å². The SMILES string of the molecule is Cc1ccnc(NCc2ccncn2)c1C(N)=S. The molecule has 2 aromatic rings. The van der Waals surface area contributed by atoms with Gasteiger partial charge in [0.15, 0.2) is 0 Å². The Morgan fingerprint density at radius 1 is 1.33 bits per heavy atom. The molecule has 5 nitrogen and oxygen atoms in total. The molecule has 0 aliphatic carbocycles. The van der Waals surface area contributed by atoms with Gasteiger partial charge in [0.1, 0.15) is 17.1 Å². The van der Waals surface area contributed by atoms with E-state index in [-0.39, 0.29) is 0 Å². The molecule has 0 fully saturated rings. The van der Waals surface area contributed by atoms with Gasteiger partial charge in [-0.05, 0) is 24.6 Å². The van der Waals surface area contributed by atoms with Crippen molar-refractivity contribution in [2.75, 3.05) is 5.32 Å². The Kier molecular flexibility index (Phi) is 3.78. The molecular weight excluding hydrogens is 246 g/mol. The van der Waals surface area contributed by atoms with Crippen LogP contribution in [0.25, 0.3) is 0 Å². The van der Waals surface area contributed by atoms with Crippen LogP contribution in [0.15, 0.2) is 30.9 Å². The van der Waals surface area contributed by atoms with Crippen LogP contribution in [0.4, 0.5) is 5.82 Å². The molecule has 0 radical (unpaired) electrons. The number of pyridine rings is 1. The largest absolute Gasteiger partial charge is 0.389 e. The summed E-state index contributed by atoms with van der Waals surface area (Å²) in [7, 11) is 0. The minimum absolute atomic E-state index is 0.339. The molecule has 18 heavy (non-hydrogen) atoms. The van der Waals surface area contributed by atoms with Crippen molar-refractivity contribution in [3.63, 3.8) is 0 Å². The van der Waals surface area contributed by atoms with E-state index in [1.54, 1.807) is 12.4 Å². The summed E-state index contributed by atoms with van der Waals surface area (Å²) >= 11 is 5.04. The summed E-state index contributed by atoms with van der Waals surface area (Å²) in [6.07, 6.45) is 4.93. The van der Waals surface area contributed by atoms with Crippen molar-refractivity contribution < 1.29 is 0 Å². The average molecular weight is 259 g/mol. The van der Waals surface area contributed by atoms with E-state index in [1.807, 2.05) is 19.1 Å². The Balaban J connectivity index is 2.20. The molecule has 0 atom stereocenters. The van der Waals surface area contributed by atoms with Gasteiger partial charge in [0.2, 0.25) is 0 Å². The first-order chi connectivity index (χ1) is 8.68. The van der Waals surface area contributed by atoms with Crippen molar-refractivity contribution in [3.8, 4) is 0 Å². The third-order valence-electron chi connectivity index (χ3n) is 2.49. The normalized spacial score (nSPS) is 10.1. The zero-order valence-electron chi connectivity index (χ0n) is 9.92. The Labute approximate surface area is 110 Å². The van der Waals surface area contributed by atoms with E-state index in [2.05, 4.69) is 20.3 Å². The number of nitrogens with one attached hydrogen (secondary N) is 1. The van der Waals surface area contributed by atoms with Crippen molar-refractivity contribution in [2.45, 2.75) is 13.5 Å². The molecule has 0 saturated heterocycles. The van der Waals surface area contributed by atoms with Crippen molar-refractivity contribution >= 4 is 23.0 Å². The van der Waals surface area contributed by atoms with Crippen molar-refractivity contribution in [1.29, 1.82) is 0 Å². The first-order valence-corrected chi connectivity index (χ1v) is 5.83. The van der Waals surface area contributed by atoms with Gasteiger partial charge in [0.05, 0.1) is 17.8 Å². The van der Waals surface area contributed by atoms with E-state index in [4.69, 9.17) is 18.0 Å². The standard InChI is InChI=1S/C12H13N5S/c1-8-2-5-15-12(10(8)11(13)18)16-6-9-3-4-14-7-17-9/h2-5,7H,6H2,1H3,(H2,13,18)(H,15,16). The fourth-order valence-corrected chi connectivity index (χ4v) is 1.86. The first-order valence-electron chi connectivity index (χ1n) is 5.42. The number of thiocarbonyl (C=S) groups is 1. The highest BCUT2D eigenvalue weighted by Crippen LogP contribution is 2.16. The lowest BCUT2D eigenvalue weighted by Gasteiger charge is -2.11. The molecule has 6 heteroatoms. The van der Waals surface area contributed by atoms with Crippen molar-refractivity contribution in [2.24, 2.45) is 5.73 Å². The fourth-order valence-electron chi connectivity index (χ4n) is 1.60. The van der Waals surface area contributed by atoms with Gasteiger partial charge in [-0.15, -0.1) is 0 Å². The number of nitrogens with zero attached hydrogens (tertiary/aromatic N) is 3. The van der Waals surface area contributed by atoms with Gasteiger partial charge in [-0.1, -0.05) is 12.2 Å². The van der Waals surface area contributed by atoms with Crippen molar-refractivity contribution in [3.05, 3.63) is 47.7 Å². The van der Waals surface area contributed by atoms with E-state index in [0.717, 1.165) is 16.8 Å². The molecule has 0 bridgehead atoms. The monoisotopic (exact) mass is 259 g/mol. The van der Waals surface area contributed by atoms with E-state index in [1.165, 1.54) is 6.33 Å². The van der Waals surface area contributed by atoms with Crippen LogP contribution >= 0.6 is 12.2 Å². The lowest BCUT2D eigenvalue weighted by atomic mass is 10.1. The van der Waals surface area contributed by atoms with E-state index in [9.17, 15) is 0 Å². The second-order valence-corrected chi connectivity index (χ2v) is 4.21. The molecule has 0 aliphatic heterocycles. The van der Waals surface area contributed by atoms with Gasteiger partial charge in [0.25, 0.3) is 0 Å². The van der Waals surface area contributed by atoms with Crippen molar-refractivity contribution in [1.82, 2.24) is 15.0 Å². The van der Waals surface area contributed by atoms with Gasteiger partial charge in [0, 0.05) is 12.4 Å². The Hall–Kier alpha value is -2.08. The summed E-state index contributed by atoms with van der Waals surface area (Å²) in [4.78, 5) is 12.6. The van der Waals surface area contributed by atoms with Crippen LogP contribution in [0.1, 0.15) is 16.8 Å². The topological polar surface area (TPSA) is 76.7 Å². The Morgan fingerprint density at radius 3 is 2.83 bits per heavy atom. The molecule has 0 saturated carbocycles. The molecule has 0 aliphatic rings. The molecule has 2 rings (SSSR count). The van der Waals surface area contributed by atoms with Crippen LogP contribution in [0.3, 0.4) is 0 Å². The van der Waals surface area contributed by atoms with Crippen LogP contribution < -0.4 is 11.1 Å². The third kappa shape index (κ3) is 2.78. The zero-order valence-corrected chi connectivity index (χ0v) is 10.7. The summed E-state index contributed by atoms with van der Waals surface area (Å²) in [5.74, 6) is 0.682. The summed E-state index contributed by atoms with van der Waals surface area (Å²) in [6, 6.07) is 3.72. The van der Waals surface area contributed by atoms with Crippen LogP contribution in [-0.4, -0.2) is 19.9 Å². The van der Waals surface area contributed by atoms with Crippen LogP contribution in [0.2, 0.25) is 0 Å². The molecule has 2 heterocycles. The lowest BCUT2D eigenvalue weighted by Crippen LogP contribution is -2.16. The molecule has 0 spiro atoms. The Morgan fingerprint density at radius 2 is 2.17 bits per heavy atom. The Bertz CT molecular complexity index is 556. The number of hydrogen-bond acceptors (Lipinski definition) is 5. The highest BCUT2D eigenvalue weighted by Gasteiger charge is 2.09. The molecule has 0 aromatic carbocycles. The number of nitrogens with two attached hydrogens (primary N) is 1. The third-order valence-corrected chi connectivity index (χ3v) is 2.69. The molecule has 0 unspecified atom stereocenters. The molecule has 3 N–H and O–H groups in total. The second-order valence-electron chi connectivity index (χ2n) is 3.77. The first kappa shape index (κ1) is 12.4. The lowest BCUT2D eigenvalue weighted by molar-refractivity contribution is 0.994. The zero-order chi connectivity index (χ0) is 13.0. The molecule has 2 aromatic heterocycles. The molecule has 0 amide bonds. The number of anilines is 1. The number of rotatable bonds is 4. The van der Waals surface area contributed by atoms with E-state index < -0.39 is 0 Å². The van der Waals surface area contributed by atoms with E-state index >= 15 is 0 Å². The summed E-state index contributed by atoms with van der Waals surface area (Å²) < 4.78 is 0. The van der Waals surface area contributed by atoms with Gasteiger partial charge in [-0.3, -0.25) is 0 Å². The number of aromatic nitrogens is 3.